The van der Waals surface area contributed by atoms with E-state index >= 15 is 0 Å². The maximum atomic E-state index is 13.1. The van der Waals surface area contributed by atoms with Gasteiger partial charge in [-0.1, -0.05) is 66.7 Å². The van der Waals surface area contributed by atoms with Gasteiger partial charge in [0.2, 0.25) is 0 Å². The lowest BCUT2D eigenvalue weighted by Crippen LogP contribution is -2.18. The highest BCUT2D eigenvalue weighted by Crippen LogP contribution is 2.34. The Bertz CT molecular complexity index is 1360. The molecule has 0 spiro atoms. The molecular formula is C24H17NO. The first-order chi connectivity index (χ1) is 12.7. The summed E-state index contributed by atoms with van der Waals surface area (Å²) in [5.74, 6) is 0. The van der Waals surface area contributed by atoms with Gasteiger partial charge < -0.3 is 4.57 Å². The van der Waals surface area contributed by atoms with Crippen molar-refractivity contribution < 1.29 is 0 Å². The van der Waals surface area contributed by atoms with Gasteiger partial charge in [-0.2, -0.15) is 0 Å². The van der Waals surface area contributed by atoms with Crippen molar-refractivity contribution in [3.05, 3.63) is 95.3 Å². The largest absolute Gasteiger partial charge is 0.311 e. The van der Waals surface area contributed by atoms with Gasteiger partial charge in [0.25, 0.3) is 5.56 Å². The molecule has 1 heterocycles. The Kier molecular flexibility index (Phi) is 3.19. The standard InChI is InChI=1S/C24H17NO/c1-25-23-13-7-3-9-17(23)15-22(24(25)26)21-14-16-8-2-4-10-18(16)19-11-5-6-12-20(19)21/h2-15H,1H3. The summed E-state index contributed by atoms with van der Waals surface area (Å²) in [5, 5.41) is 5.72. The van der Waals surface area contributed by atoms with Crippen LogP contribution in [-0.4, -0.2) is 4.57 Å². The number of hydrogen-bond donors (Lipinski definition) is 0. The molecule has 2 heteroatoms. The summed E-state index contributed by atoms with van der Waals surface area (Å²) >= 11 is 0. The molecule has 5 rings (SSSR count). The van der Waals surface area contributed by atoms with Gasteiger partial charge in [-0.3, -0.25) is 4.79 Å². The maximum absolute atomic E-state index is 13.1. The van der Waals surface area contributed by atoms with Crippen molar-refractivity contribution in [2.75, 3.05) is 0 Å². The highest BCUT2D eigenvalue weighted by molar-refractivity contribution is 6.14. The van der Waals surface area contributed by atoms with Crippen molar-refractivity contribution in [3.8, 4) is 11.1 Å². The van der Waals surface area contributed by atoms with Crippen LogP contribution in [0.3, 0.4) is 0 Å². The number of aryl methyl sites for hydroxylation is 1. The van der Waals surface area contributed by atoms with Crippen LogP contribution in [0.5, 0.6) is 0 Å². The van der Waals surface area contributed by atoms with E-state index in [0.717, 1.165) is 32.8 Å². The van der Waals surface area contributed by atoms with E-state index in [1.165, 1.54) is 10.8 Å². The third-order valence-corrected chi connectivity index (χ3v) is 5.19. The molecule has 124 valence electrons. The molecule has 4 aromatic carbocycles. The molecule has 26 heavy (non-hydrogen) atoms. The highest BCUT2D eigenvalue weighted by atomic mass is 16.1. The number of nitrogens with zero attached hydrogens (tertiary/aromatic N) is 1. The lowest BCUT2D eigenvalue weighted by molar-refractivity contribution is 0.909. The van der Waals surface area contributed by atoms with E-state index in [2.05, 4.69) is 48.5 Å². The van der Waals surface area contributed by atoms with Crippen molar-refractivity contribution >= 4 is 32.4 Å². The van der Waals surface area contributed by atoms with Crippen LogP contribution in [0.1, 0.15) is 0 Å². The number of para-hydroxylation sites is 1. The van der Waals surface area contributed by atoms with Crippen LogP contribution >= 0.6 is 0 Å². The molecule has 0 aliphatic carbocycles. The van der Waals surface area contributed by atoms with Crippen molar-refractivity contribution in [3.63, 3.8) is 0 Å². The maximum Gasteiger partial charge on any atom is 0.258 e. The third kappa shape index (κ3) is 2.09. The second kappa shape index (κ2) is 5.57. The molecule has 2 nitrogen and oxygen atoms in total. The summed E-state index contributed by atoms with van der Waals surface area (Å²) in [6.07, 6.45) is 0. The second-order valence-corrected chi connectivity index (χ2v) is 6.67. The molecule has 0 aliphatic rings. The van der Waals surface area contributed by atoms with E-state index in [-0.39, 0.29) is 5.56 Å². The zero-order valence-corrected chi connectivity index (χ0v) is 14.4. The average Bonchev–Trinajstić information content (AvgIpc) is 2.70. The minimum Gasteiger partial charge on any atom is -0.311 e. The van der Waals surface area contributed by atoms with Crippen LogP contribution in [0.15, 0.2) is 89.7 Å². The highest BCUT2D eigenvalue weighted by Gasteiger charge is 2.13. The Morgan fingerprint density at radius 3 is 2.00 bits per heavy atom. The van der Waals surface area contributed by atoms with E-state index in [4.69, 9.17) is 0 Å². The fourth-order valence-electron chi connectivity index (χ4n) is 3.89. The monoisotopic (exact) mass is 335 g/mol. The van der Waals surface area contributed by atoms with Crippen LogP contribution in [0.4, 0.5) is 0 Å². The number of fused-ring (bicyclic) bond motifs is 4. The molecule has 0 atom stereocenters. The van der Waals surface area contributed by atoms with Gasteiger partial charge in [-0.25, -0.2) is 0 Å². The minimum absolute atomic E-state index is 0.0316. The van der Waals surface area contributed by atoms with Gasteiger partial charge in [0.05, 0.1) is 5.52 Å². The molecule has 5 aromatic rings. The molecule has 0 fully saturated rings. The SMILES string of the molecule is Cn1c(=O)c(-c2cc3ccccc3c3ccccc23)cc2ccccc21. The normalized spacial score (nSPS) is 11.4. The first kappa shape index (κ1) is 14.9. The fourth-order valence-corrected chi connectivity index (χ4v) is 3.89. The zero-order chi connectivity index (χ0) is 17.7. The molecule has 0 unspecified atom stereocenters. The molecule has 0 N–H and O–H groups in total. The topological polar surface area (TPSA) is 22.0 Å². The third-order valence-electron chi connectivity index (χ3n) is 5.19. The molecule has 0 bridgehead atoms. The Balaban J connectivity index is 1.97. The Morgan fingerprint density at radius 1 is 0.615 bits per heavy atom. The lowest BCUT2D eigenvalue weighted by atomic mass is 9.93. The summed E-state index contributed by atoms with van der Waals surface area (Å²) < 4.78 is 1.74. The number of rotatable bonds is 1. The van der Waals surface area contributed by atoms with Gasteiger partial charge in [0.1, 0.15) is 0 Å². The van der Waals surface area contributed by atoms with Crippen LogP contribution < -0.4 is 5.56 Å². The number of aromatic nitrogens is 1. The summed E-state index contributed by atoms with van der Waals surface area (Å²) in [5.41, 5.74) is 2.72. The van der Waals surface area contributed by atoms with Gasteiger partial charge in [-0.05, 0) is 50.7 Å². The molecular weight excluding hydrogens is 318 g/mol. The van der Waals surface area contributed by atoms with Crippen molar-refractivity contribution in [1.29, 1.82) is 0 Å². The first-order valence-electron chi connectivity index (χ1n) is 8.74. The van der Waals surface area contributed by atoms with Crippen LogP contribution in [-0.2, 0) is 7.05 Å². The van der Waals surface area contributed by atoms with Gasteiger partial charge in [-0.15, -0.1) is 0 Å². The van der Waals surface area contributed by atoms with Crippen molar-refractivity contribution in [2.24, 2.45) is 7.05 Å². The smallest absolute Gasteiger partial charge is 0.258 e. The Morgan fingerprint density at radius 2 is 1.19 bits per heavy atom. The number of pyridine rings is 1. The Hall–Kier alpha value is -3.39. The zero-order valence-electron chi connectivity index (χ0n) is 14.4. The van der Waals surface area contributed by atoms with E-state index in [1.54, 1.807) is 4.57 Å². The molecule has 0 aliphatic heterocycles. The second-order valence-electron chi connectivity index (χ2n) is 6.67. The lowest BCUT2D eigenvalue weighted by Gasteiger charge is -2.13. The minimum atomic E-state index is 0.0316. The first-order valence-corrected chi connectivity index (χ1v) is 8.74. The van der Waals surface area contributed by atoms with E-state index in [1.807, 2.05) is 43.4 Å². The Labute approximate surface area is 150 Å². The number of hydrogen-bond acceptors (Lipinski definition) is 1. The van der Waals surface area contributed by atoms with Gasteiger partial charge in [0, 0.05) is 12.6 Å². The summed E-state index contributed by atoms with van der Waals surface area (Å²) in [6.45, 7) is 0. The predicted molar refractivity (Wildman–Crippen MR) is 110 cm³/mol. The van der Waals surface area contributed by atoms with E-state index in [0.29, 0.717) is 0 Å². The quantitative estimate of drug-likeness (QED) is 0.370. The van der Waals surface area contributed by atoms with Gasteiger partial charge in [0.15, 0.2) is 0 Å². The van der Waals surface area contributed by atoms with Crippen molar-refractivity contribution in [2.45, 2.75) is 0 Å². The summed E-state index contributed by atoms with van der Waals surface area (Å²) in [4.78, 5) is 13.1. The number of benzene rings is 4. The van der Waals surface area contributed by atoms with Gasteiger partial charge >= 0.3 is 0 Å². The summed E-state index contributed by atoms with van der Waals surface area (Å²) in [7, 11) is 1.84. The van der Waals surface area contributed by atoms with Crippen molar-refractivity contribution in [1.82, 2.24) is 4.57 Å². The molecule has 0 amide bonds. The average molecular weight is 335 g/mol. The van der Waals surface area contributed by atoms with Crippen LogP contribution in [0, 0.1) is 0 Å². The van der Waals surface area contributed by atoms with Crippen LogP contribution in [0.2, 0.25) is 0 Å². The molecule has 1 aromatic heterocycles. The molecule has 0 saturated carbocycles. The fraction of sp³-hybridized carbons (Fsp3) is 0.0417. The molecule has 0 saturated heterocycles. The molecule has 0 radical (unpaired) electrons. The predicted octanol–water partition coefficient (Wildman–Crippen LogP) is 5.51. The van der Waals surface area contributed by atoms with Crippen LogP contribution in [0.25, 0.3) is 43.6 Å². The van der Waals surface area contributed by atoms with E-state index < -0.39 is 0 Å². The van der Waals surface area contributed by atoms with E-state index in [9.17, 15) is 4.79 Å². The summed E-state index contributed by atoms with van der Waals surface area (Å²) in [6, 6.07) is 28.8.